The van der Waals surface area contributed by atoms with Gasteiger partial charge >= 0.3 is 17.6 Å². The lowest BCUT2D eigenvalue weighted by Crippen LogP contribution is -2.45. The smallest absolute Gasteiger partial charge is 0.345 e. The van der Waals surface area contributed by atoms with Crippen LogP contribution >= 0.6 is 0 Å². The van der Waals surface area contributed by atoms with Crippen LogP contribution in [0.4, 0.5) is 8.78 Å². The van der Waals surface area contributed by atoms with E-state index in [-0.39, 0.29) is 22.3 Å². The van der Waals surface area contributed by atoms with Gasteiger partial charge in [-0.1, -0.05) is 6.07 Å². The second-order valence-corrected chi connectivity index (χ2v) is 8.21. The molecule has 0 amide bonds. The Morgan fingerprint density at radius 3 is 2.36 bits per heavy atom. The van der Waals surface area contributed by atoms with Crippen LogP contribution in [0.25, 0.3) is 0 Å². The molecule has 4 rings (SSSR count). The van der Waals surface area contributed by atoms with Gasteiger partial charge in [0.1, 0.15) is 6.73 Å². The first-order chi connectivity index (χ1) is 20.0. The van der Waals surface area contributed by atoms with E-state index in [0.717, 1.165) is 42.5 Å². The van der Waals surface area contributed by atoms with Crippen molar-refractivity contribution < 1.29 is 42.5 Å². The molecule has 0 radical (unpaired) electrons. The molecule has 1 aromatic carbocycles. The number of ether oxygens (including phenoxy) is 3. The first-order valence-electron chi connectivity index (χ1n) is 11.8. The Balaban J connectivity index is 1.57. The van der Waals surface area contributed by atoms with Gasteiger partial charge in [0.2, 0.25) is 11.7 Å². The molecule has 0 aliphatic carbocycles. The minimum absolute atomic E-state index is 0.0260. The maximum atomic E-state index is 14.4. The Morgan fingerprint density at radius 1 is 0.929 bits per heavy atom. The molecular formula is C26H18F2N4O10. The fraction of sp³-hybridized carbons (Fsp3) is 0.115. The summed E-state index contributed by atoms with van der Waals surface area (Å²) < 4.78 is 44.1. The van der Waals surface area contributed by atoms with Crippen LogP contribution in [0.5, 0.6) is 17.6 Å². The standard InChI is InChI=1S/C26H18F2N4O10/c1-2-40-12-31-11-17(28)23(36)32(26(31)39)22(35)13-4-3-5-14(8-13)24(37)42-21-16(27)6-7-20(30-21)41-25(38)15-9-18(33)29-19(34)10-15/h3-11H,2,12H2,1H3,(H2,29,33,34). The number of hydrogen-bond donors (Lipinski definition) is 2. The van der Waals surface area contributed by atoms with E-state index in [4.69, 9.17) is 14.2 Å². The zero-order chi connectivity index (χ0) is 30.6. The molecule has 3 aromatic heterocycles. The van der Waals surface area contributed by atoms with Crippen molar-refractivity contribution in [2.75, 3.05) is 6.61 Å². The van der Waals surface area contributed by atoms with Crippen LogP contribution in [0.1, 0.15) is 38.0 Å². The number of benzene rings is 1. The van der Waals surface area contributed by atoms with Crippen molar-refractivity contribution in [3.63, 3.8) is 0 Å². The van der Waals surface area contributed by atoms with Gasteiger partial charge in [-0.05, 0) is 31.2 Å². The molecule has 0 fully saturated rings. The summed E-state index contributed by atoms with van der Waals surface area (Å²) in [5.41, 5.74) is -4.64. The summed E-state index contributed by atoms with van der Waals surface area (Å²) >= 11 is 0. The Kier molecular flexibility index (Phi) is 8.47. The summed E-state index contributed by atoms with van der Waals surface area (Å²) in [5.74, 6) is -8.31. The molecule has 3 heterocycles. The minimum atomic E-state index is -1.53. The van der Waals surface area contributed by atoms with Crippen LogP contribution in [0.2, 0.25) is 0 Å². The lowest BCUT2D eigenvalue weighted by molar-refractivity contribution is 0.0710. The molecule has 0 saturated carbocycles. The van der Waals surface area contributed by atoms with Crippen molar-refractivity contribution in [1.29, 1.82) is 0 Å². The Labute approximate surface area is 232 Å². The SMILES string of the molecule is CCOCn1cc(F)c(=O)n(C(=O)c2cccc(C(=O)Oc3nc(OC(=O)c4cc(O)[nH]c(=O)c4)ccc3F)c2)c1=O. The van der Waals surface area contributed by atoms with Crippen molar-refractivity contribution in [2.45, 2.75) is 13.7 Å². The first-order valence-corrected chi connectivity index (χ1v) is 11.8. The van der Waals surface area contributed by atoms with Gasteiger partial charge in [0.15, 0.2) is 11.7 Å². The molecule has 42 heavy (non-hydrogen) atoms. The summed E-state index contributed by atoms with van der Waals surface area (Å²) in [6, 6.07) is 7.79. The van der Waals surface area contributed by atoms with E-state index in [0.29, 0.717) is 10.8 Å². The highest BCUT2D eigenvalue weighted by Crippen LogP contribution is 2.21. The van der Waals surface area contributed by atoms with Crippen LogP contribution in [-0.2, 0) is 11.5 Å². The number of carbonyl (C=O) groups excluding carboxylic acids is 3. The number of H-pyrrole nitrogens is 1. The van der Waals surface area contributed by atoms with E-state index in [1.807, 2.05) is 4.98 Å². The van der Waals surface area contributed by atoms with Gasteiger partial charge in [0.05, 0.1) is 17.3 Å². The first kappa shape index (κ1) is 29.2. The average molecular weight is 584 g/mol. The van der Waals surface area contributed by atoms with Gasteiger partial charge in [-0.3, -0.25) is 23.9 Å². The van der Waals surface area contributed by atoms with Gasteiger partial charge in [-0.2, -0.15) is 13.9 Å². The summed E-state index contributed by atoms with van der Waals surface area (Å²) in [7, 11) is 0. The van der Waals surface area contributed by atoms with E-state index in [2.05, 4.69) is 4.98 Å². The van der Waals surface area contributed by atoms with Crippen LogP contribution in [0, 0.1) is 11.6 Å². The largest absolute Gasteiger partial charge is 0.494 e. The third-order valence-corrected chi connectivity index (χ3v) is 5.34. The zero-order valence-corrected chi connectivity index (χ0v) is 21.3. The number of aromatic nitrogens is 4. The lowest BCUT2D eigenvalue weighted by atomic mass is 10.1. The molecule has 0 aliphatic rings. The van der Waals surface area contributed by atoms with E-state index in [1.165, 1.54) is 6.07 Å². The molecule has 0 saturated heterocycles. The molecule has 0 aliphatic heterocycles. The second kappa shape index (κ2) is 12.2. The number of pyridine rings is 2. The highest BCUT2D eigenvalue weighted by atomic mass is 19.1. The summed E-state index contributed by atoms with van der Waals surface area (Å²) in [4.78, 5) is 80.0. The quantitative estimate of drug-likeness (QED) is 0.283. The number of esters is 2. The van der Waals surface area contributed by atoms with Crippen molar-refractivity contribution in [1.82, 2.24) is 19.1 Å². The molecule has 2 N–H and O–H groups in total. The van der Waals surface area contributed by atoms with Crippen LogP contribution in [0.3, 0.4) is 0 Å². The summed E-state index contributed by atoms with van der Waals surface area (Å²) in [6.45, 7) is 1.33. The Bertz CT molecular complexity index is 1900. The highest BCUT2D eigenvalue weighted by molar-refractivity contribution is 5.99. The van der Waals surface area contributed by atoms with Gasteiger partial charge in [-0.25, -0.2) is 18.8 Å². The number of halogens is 2. The lowest BCUT2D eigenvalue weighted by Gasteiger charge is -2.10. The summed E-state index contributed by atoms with van der Waals surface area (Å²) in [5, 5.41) is 9.44. The highest BCUT2D eigenvalue weighted by Gasteiger charge is 2.22. The Morgan fingerprint density at radius 2 is 1.64 bits per heavy atom. The zero-order valence-electron chi connectivity index (χ0n) is 21.3. The predicted molar refractivity (Wildman–Crippen MR) is 136 cm³/mol. The molecule has 0 bridgehead atoms. The van der Waals surface area contributed by atoms with E-state index in [9.17, 15) is 42.7 Å². The monoisotopic (exact) mass is 584 g/mol. The topological polar surface area (TPSA) is 189 Å². The third kappa shape index (κ3) is 6.34. The van der Waals surface area contributed by atoms with Gasteiger partial charge in [0, 0.05) is 30.4 Å². The number of aromatic amines is 1. The molecular weight excluding hydrogens is 566 g/mol. The van der Waals surface area contributed by atoms with Crippen LogP contribution in [-0.4, -0.2) is 48.7 Å². The number of hydrogen-bond acceptors (Lipinski definition) is 11. The van der Waals surface area contributed by atoms with E-state index >= 15 is 0 Å². The summed E-state index contributed by atoms with van der Waals surface area (Å²) in [6.07, 6.45) is 0.592. The molecule has 0 unspecified atom stereocenters. The molecule has 0 atom stereocenters. The predicted octanol–water partition coefficient (Wildman–Crippen LogP) is 1.20. The van der Waals surface area contributed by atoms with Crippen molar-refractivity contribution in [2.24, 2.45) is 0 Å². The fourth-order valence-electron chi connectivity index (χ4n) is 3.42. The maximum absolute atomic E-state index is 14.4. The van der Waals surface area contributed by atoms with E-state index < -0.39 is 76.2 Å². The van der Waals surface area contributed by atoms with Crippen molar-refractivity contribution in [3.8, 4) is 17.6 Å². The van der Waals surface area contributed by atoms with Crippen molar-refractivity contribution in [3.05, 3.63) is 114 Å². The molecule has 4 aromatic rings. The molecule has 14 nitrogen and oxygen atoms in total. The van der Waals surface area contributed by atoms with Crippen LogP contribution in [0.15, 0.2) is 69.1 Å². The second-order valence-electron chi connectivity index (χ2n) is 8.21. The molecule has 0 spiro atoms. The number of rotatable bonds is 8. The van der Waals surface area contributed by atoms with Gasteiger partial charge in [-0.15, -0.1) is 0 Å². The molecule has 216 valence electrons. The maximum Gasteiger partial charge on any atom is 0.345 e. The number of aromatic hydroxyl groups is 1. The number of carbonyl (C=O) groups is 3. The normalized spacial score (nSPS) is 10.7. The average Bonchev–Trinajstić information content (AvgIpc) is 2.95. The van der Waals surface area contributed by atoms with E-state index in [1.54, 1.807) is 6.92 Å². The van der Waals surface area contributed by atoms with Crippen molar-refractivity contribution >= 4 is 17.8 Å². The van der Waals surface area contributed by atoms with Crippen LogP contribution < -0.4 is 26.3 Å². The number of nitrogens with zero attached hydrogens (tertiary/aromatic N) is 3. The van der Waals surface area contributed by atoms with Gasteiger partial charge in [0.25, 0.3) is 22.9 Å². The fourth-order valence-corrected chi connectivity index (χ4v) is 3.42. The number of nitrogens with one attached hydrogen (secondary N) is 1. The molecule has 16 heteroatoms. The Hall–Kier alpha value is -5.77. The third-order valence-electron chi connectivity index (χ3n) is 5.34. The minimum Gasteiger partial charge on any atom is -0.494 e. The van der Waals surface area contributed by atoms with Gasteiger partial charge < -0.3 is 19.3 Å².